The maximum absolute atomic E-state index is 6.71. The minimum atomic E-state index is 0.582. The van der Waals surface area contributed by atoms with Crippen molar-refractivity contribution in [3.05, 3.63) is 72.3 Å². The SMILES string of the molecule is CN1c2cc3ccccc3c(C3CCCCC3)c2Oc2ccc3ccccc3c21. The minimum Gasteiger partial charge on any atom is -0.453 e. The Morgan fingerprint density at radius 3 is 2.34 bits per heavy atom. The second-order valence-corrected chi connectivity index (χ2v) is 8.49. The molecule has 2 heteroatoms. The molecular formula is C27H25NO. The van der Waals surface area contributed by atoms with Crippen LogP contribution >= 0.6 is 0 Å². The summed E-state index contributed by atoms with van der Waals surface area (Å²) in [5.41, 5.74) is 3.78. The average molecular weight is 380 g/mol. The number of anilines is 2. The topological polar surface area (TPSA) is 12.5 Å². The van der Waals surface area contributed by atoms with Gasteiger partial charge in [-0.1, -0.05) is 73.9 Å². The molecule has 0 aromatic heterocycles. The molecule has 0 radical (unpaired) electrons. The Kier molecular flexibility index (Phi) is 3.80. The quantitative estimate of drug-likeness (QED) is 0.333. The molecule has 144 valence electrons. The highest BCUT2D eigenvalue weighted by atomic mass is 16.5. The van der Waals surface area contributed by atoms with Crippen molar-refractivity contribution in [1.29, 1.82) is 0 Å². The first kappa shape index (κ1) is 16.9. The van der Waals surface area contributed by atoms with E-state index in [1.54, 1.807) is 0 Å². The van der Waals surface area contributed by atoms with Gasteiger partial charge in [0.25, 0.3) is 0 Å². The lowest BCUT2D eigenvalue weighted by molar-refractivity contribution is 0.419. The van der Waals surface area contributed by atoms with Crippen molar-refractivity contribution in [3.63, 3.8) is 0 Å². The van der Waals surface area contributed by atoms with E-state index >= 15 is 0 Å². The molecule has 0 spiro atoms. The lowest BCUT2D eigenvalue weighted by Gasteiger charge is -2.35. The summed E-state index contributed by atoms with van der Waals surface area (Å²) < 4.78 is 6.71. The molecule has 0 amide bonds. The maximum Gasteiger partial charge on any atom is 0.155 e. The molecular weight excluding hydrogens is 354 g/mol. The molecule has 1 heterocycles. The van der Waals surface area contributed by atoms with Gasteiger partial charge >= 0.3 is 0 Å². The van der Waals surface area contributed by atoms with Crippen LogP contribution in [-0.2, 0) is 0 Å². The Hall–Kier alpha value is -3.00. The van der Waals surface area contributed by atoms with Crippen molar-refractivity contribution in [2.45, 2.75) is 38.0 Å². The number of benzene rings is 4. The molecule has 1 saturated carbocycles. The lowest BCUT2D eigenvalue weighted by atomic mass is 9.81. The van der Waals surface area contributed by atoms with Crippen LogP contribution in [0.5, 0.6) is 11.5 Å². The molecule has 1 aliphatic carbocycles. The Bertz CT molecular complexity index is 1240. The van der Waals surface area contributed by atoms with Gasteiger partial charge in [0, 0.05) is 18.0 Å². The summed E-state index contributed by atoms with van der Waals surface area (Å²) in [5, 5.41) is 5.16. The van der Waals surface area contributed by atoms with Crippen LogP contribution in [0.1, 0.15) is 43.6 Å². The van der Waals surface area contributed by atoms with Crippen molar-refractivity contribution in [3.8, 4) is 11.5 Å². The fourth-order valence-corrected chi connectivity index (χ4v) is 5.39. The summed E-state index contributed by atoms with van der Waals surface area (Å²) in [6, 6.07) is 24.0. The second-order valence-electron chi connectivity index (χ2n) is 8.49. The fraction of sp³-hybridized carbons (Fsp3) is 0.259. The smallest absolute Gasteiger partial charge is 0.155 e. The summed E-state index contributed by atoms with van der Waals surface area (Å²) in [7, 11) is 2.19. The summed E-state index contributed by atoms with van der Waals surface area (Å²) in [6.07, 6.45) is 6.52. The third-order valence-corrected chi connectivity index (χ3v) is 6.81. The van der Waals surface area contributed by atoms with Gasteiger partial charge in [-0.2, -0.15) is 0 Å². The highest BCUT2D eigenvalue weighted by Gasteiger charge is 2.30. The molecule has 0 saturated heterocycles. The second kappa shape index (κ2) is 6.52. The van der Waals surface area contributed by atoms with Gasteiger partial charge in [0.15, 0.2) is 11.5 Å². The van der Waals surface area contributed by atoms with E-state index in [4.69, 9.17) is 4.74 Å². The third kappa shape index (κ3) is 2.55. The Morgan fingerprint density at radius 2 is 1.52 bits per heavy atom. The zero-order valence-corrected chi connectivity index (χ0v) is 16.8. The van der Waals surface area contributed by atoms with E-state index in [-0.39, 0.29) is 0 Å². The molecule has 1 fully saturated rings. The predicted octanol–water partition coefficient (Wildman–Crippen LogP) is 7.91. The van der Waals surface area contributed by atoms with Gasteiger partial charge in [-0.25, -0.2) is 0 Å². The Labute approximate surface area is 171 Å². The number of fused-ring (bicyclic) bond motifs is 5. The Balaban J connectivity index is 1.63. The first-order valence-electron chi connectivity index (χ1n) is 10.8. The molecule has 0 bridgehead atoms. The van der Waals surface area contributed by atoms with Gasteiger partial charge < -0.3 is 9.64 Å². The zero-order chi connectivity index (χ0) is 19.4. The molecule has 4 aromatic rings. The van der Waals surface area contributed by atoms with Gasteiger partial charge in [0.1, 0.15) is 0 Å². The zero-order valence-electron chi connectivity index (χ0n) is 16.8. The van der Waals surface area contributed by atoms with Gasteiger partial charge in [0.05, 0.1) is 11.4 Å². The van der Waals surface area contributed by atoms with Crippen molar-refractivity contribution >= 4 is 32.9 Å². The van der Waals surface area contributed by atoms with Gasteiger partial charge in [-0.3, -0.25) is 0 Å². The van der Waals surface area contributed by atoms with E-state index in [1.807, 2.05) is 0 Å². The number of hydrogen-bond donors (Lipinski definition) is 0. The number of nitrogens with zero attached hydrogens (tertiary/aromatic N) is 1. The maximum atomic E-state index is 6.71. The minimum absolute atomic E-state index is 0.582. The van der Waals surface area contributed by atoms with Crippen molar-refractivity contribution < 1.29 is 4.74 Å². The van der Waals surface area contributed by atoms with E-state index in [0.29, 0.717) is 5.92 Å². The number of ether oxygens (including phenoxy) is 1. The Morgan fingerprint density at radius 1 is 0.793 bits per heavy atom. The van der Waals surface area contributed by atoms with Crippen LogP contribution in [0.25, 0.3) is 21.5 Å². The van der Waals surface area contributed by atoms with Gasteiger partial charge in [0.2, 0.25) is 0 Å². The molecule has 4 aromatic carbocycles. The molecule has 0 N–H and O–H groups in total. The summed E-state index contributed by atoms with van der Waals surface area (Å²) in [5.74, 6) is 2.62. The van der Waals surface area contributed by atoms with Crippen molar-refractivity contribution in [1.82, 2.24) is 0 Å². The van der Waals surface area contributed by atoms with E-state index in [9.17, 15) is 0 Å². The molecule has 6 rings (SSSR count). The van der Waals surface area contributed by atoms with Crippen LogP contribution in [0.3, 0.4) is 0 Å². The molecule has 0 unspecified atom stereocenters. The van der Waals surface area contributed by atoms with E-state index < -0.39 is 0 Å². The molecule has 1 aliphatic heterocycles. The molecule has 0 atom stereocenters. The van der Waals surface area contributed by atoms with E-state index in [0.717, 1.165) is 11.5 Å². The van der Waals surface area contributed by atoms with Crippen LogP contribution < -0.4 is 9.64 Å². The standard InChI is InChI=1S/C27H25NO/c1-28-23-17-20-12-6-7-13-21(20)25(19-10-3-2-4-11-19)27(23)29-24-16-15-18-9-5-8-14-22(18)26(24)28/h5-9,12-17,19H,2-4,10-11H2,1H3. The molecule has 2 nitrogen and oxygen atoms in total. The van der Waals surface area contributed by atoms with Crippen molar-refractivity contribution in [2.24, 2.45) is 0 Å². The van der Waals surface area contributed by atoms with Gasteiger partial charge in [-0.15, -0.1) is 0 Å². The summed E-state index contributed by atoms with van der Waals surface area (Å²) >= 11 is 0. The summed E-state index contributed by atoms with van der Waals surface area (Å²) in [4.78, 5) is 2.34. The van der Waals surface area contributed by atoms with E-state index in [1.165, 1.54) is 70.6 Å². The van der Waals surface area contributed by atoms with Gasteiger partial charge in [-0.05, 0) is 47.1 Å². The number of rotatable bonds is 1. The first-order valence-corrected chi connectivity index (χ1v) is 10.8. The molecule has 29 heavy (non-hydrogen) atoms. The van der Waals surface area contributed by atoms with Crippen LogP contribution in [-0.4, -0.2) is 7.05 Å². The third-order valence-electron chi connectivity index (χ3n) is 6.81. The predicted molar refractivity (Wildman–Crippen MR) is 122 cm³/mol. The van der Waals surface area contributed by atoms with Crippen LogP contribution in [0.2, 0.25) is 0 Å². The summed E-state index contributed by atoms with van der Waals surface area (Å²) in [6.45, 7) is 0. The van der Waals surface area contributed by atoms with Crippen molar-refractivity contribution in [2.75, 3.05) is 11.9 Å². The van der Waals surface area contributed by atoms with Crippen LogP contribution in [0, 0.1) is 0 Å². The highest BCUT2D eigenvalue weighted by molar-refractivity contribution is 6.03. The largest absolute Gasteiger partial charge is 0.453 e. The van der Waals surface area contributed by atoms with E-state index in [2.05, 4.69) is 78.7 Å². The normalized spacial score (nSPS) is 16.5. The monoisotopic (exact) mass is 379 g/mol. The fourth-order valence-electron chi connectivity index (χ4n) is 5.39. The average Bonchev–Trinajstić information content (AvgIpc) is 2.78. The van der Waals surface area contributed by atoms with Crippen LogP contribution in [0.15, 0.2) is 66.7 Å². The molecule has 2 aliphatic rings. The lowest BCUT2D eigenvalue weighted by Crippen LogP contribution is -2.18. The first-order chi connectivity index (χ1) is 14.3. The van der Waals surface area contributed by atoms with Crippen LogP contribution in [0.4, 0.5) is 11.4 Å². The number of hydrogen-bond acceptors (Lipinski definition) is 2. The highest BCUT2D eigenvalue weighted by Crippen LogP contribution is 2.54.